The number of benzene rings is 2. The Hall–Kier alpha value is -3.81. The van der Waals surface area contributed by atoms with Crippen LogP contribution < -0.4 is 5.43 Å². The van der Waals surface area contributed by atoms with E-state index in [1.54, 1.807) is 6.21 Å². The predicted octanol–water partition coefficient (Wildman–Crippen LogP) is 5.48. The highest BCUT2D eigenvalue weighted by Crippen LogP contribution is 2.29. The van der Waals surface area contributed by atoms with Crippen molar-refractivity contribution >= 4 is 29.4 Å². The number of nitrogens with one attached hydrogen (secondary N) is 1. The van der Waals surface area contributed by atoms with Crippen LogP contribution in [-0.2, 0) is 0 Å². The second-order valence-electron chi connectivity index (χ2n) is 6.59. The molecule has 8 nitrogen and oxygen atoms in total. The van der Waals surface area contributed by atoms with E-state index in [-0.39, 0.29) is 11.4 Å². The number of hydrogen-bond donors (Lipinski definition) is 1. The number of nitro benzene ring substituents is 2. The van der Waals surface area contributed by atoms with Gasteiger partial charge in [-0.1, -0.05) is 42.5 Å². The largest absolute Gasteiger partial charge is 0.301 e. The summed E-state index contributed by atoms with van der Waals surface area (Å²) >= 11 is 0. The molecule has 0 unspecified atom stereocenters. The molecule has 0 aliphatic heterocycles. The van der Waals surface area contributed by atoms with Crippen molar-refractivity contribution in [2.24, 2.45) is 5.10 Å². The smallest absolute Gasteiger partial charge is 0.272 e. The molecular weight excluding hydrogens is 372 g/mol. The molecule has 8 heteroatoms. The Kier molecular flexibility index (Phi) is 6.47. The molecule has 0 radical (unpaired) electrons. The number of nitro groups is 2. The van der Waals surface area contributed by atoms with Gasteiger partial charge in [0, 0.05) is 6.07 Å². The molecule has 1 aliphatic rings. The lowest BCUT2D eigenvalue weighted by molar-refractivity contribution is -0.393. The molecule has 2 aromatic carbocycles. The predicted molar refractivity (Wildman–Crippen MR) is 113 cm³/mol. The van der Waals surface area contributed by atoms with Crippen molar-refractivity contribution in [1.29, 1.82) is 0 Å². The molecule has 0 amide bonds. The average molecular weight is 392 g/mol. The summed E-state index contributed by atoms with van der Waals surface area (Å²) in [6, 6.07) is 13.4. The van der Waals surface area contributed by atoms with Crippen molar-refractivity contribution < 1.29 is 9.85 Å². The molecule has 29 heavy (non-hydrogen) atoms. The van der Waals surface area contributed by atoms with Crippen LogP contribution in [-0.4, -0.2) is 16.1 Å². The maximum Gasteiger partial charge on any atom is 0.301 e. The van der Waals surface area contributed by atoms with Gasteiger partial charge in [-0.3, -0.25) is 25.7 Å². The summed E-state index contributed by atoms with van der Waals surface area (Å²) in [5.74, 6) is 0. The fraction of sp³-hybridized carbons (Fsp3) is 0.190. The van der Waals surface area contributed by atoms with Gasteiger partial charge in [0.15, 0.2) is 0 Å². The third kappa shape index (κ3) is 5.35. The van der Waals surface area contributed by atoms with Crippen LogP contribution in [0.3, 0.4) is 0 Å². The molecule has 0 atom stereocenters. The van der Waals surface area contributed by atoms with E-state index in [1.165, 1.54) is 17.7 Å². The highest BCUT2D eigenvalue weighted by atomic mass is 16.6. The first-order chi connectivity index (χ1) is 14.0. The minimum absolute atomic E-state index is 0.106. The van der Waals surface area contributed by atoms with Crippen LogP contribution in [0, 0.1) is 20.2 Å². The Morgan fingerprint density at radius 1 is 0.897 bits per heavy atom. The fourth-order valence-corrected chi connectivity index (χ4v) is 3.11. The van der Waals surface area contributed by atoms with Crippen LogP contribution in [0.5, 0.6) is 0 Å². The fourth-order valence-electron chi connectivity index (χ4n) is 3.11. The molecule has 0 aromatic heterocycles. The van der Waals surface area contributed by atoms with Gasteiger partial charge in [0.25, 0.3) is 5.69 Å². The summed E-state index contributed by atoms with van der Waals surface area (Å²) in [6.45, 7) is 0. The van der Waals surface area contributed by atoms with E-state index in [0.717, 1.165) is 42.9 Å². The lowest BCUT2D eigenvalue weighted by Crippen LogP contribution is -2.02. The zero-order chi connectivity index (χ0) is 20.6. The van der Waals surface area contributed by atoms with Crippen LogP contribution >= 0.6 is 0 Å². The first-order valence-corrected chi connectivity index (χ1v) is 9.21. The van der Waals surface area contributed by atoms with E-state index in [0.29, 0.717) is 0 Å². The standard InChI is InChI=1S/C21H20N4O4/c26-24(27)19-12-13-20(21(14-19)25(28)29)23-22-15-18-9-5-4-8-17(18)11-10-16-6-2-1-3-7-16/h1-3,6-7,10-15,23H,4-5,8-9H2/b11-10-,22-15-. The molecule has 2 aromatic rings. The summed E-state index contributed by atoms with van der Waals surface area (Å²) in [5.41, 5.74) is 5.39. The second kappa shape index (κ2) is 9.41. The Morgan fingerprint density at radius 2 is 1.62 bits per heavy atom. The van der Waals surface area contributed by atoms with E-state index in [2.05, 4.69) is 22.7 Å². The molecule has 3 rings (SSSR count). The van der Waals surface area contributed by atoms with Crippen LogP contribution in [0.15, 0.2) is 70.9 Å². The number of rotatable bonds is 7. The first kappa shape index (κ1) is 19.9. The third-order valence-electron chi connectivity index (χ3n) is 4.63. The van der Waals surface area contributed by atoms with E-state index >= 15 is 0 Å². The van der Waals surface area contributed by atoms with E-state index in [1.807, 2.05) is 30.3 Å². The topological polar surface area (TPSA) is 111 Å². The molecule has 0 heterocycles. The Balaban J connectivity index is 1.79. The Labute approximate surface area is 167 Å². The summed E-state index contributed by atoms with van der Waals surface area (Å²) in [6.07, 6.45) is 9.81. The summed E-state index contributed by atoms with van der Waals surface area (Å²) in [7, 11) is 0. The summed E-state index contributed by atoms with van der Waals surface area (Å²) < 4.78 is 0. The van der Waals surface area contributed by atoms with Gasteiger partial charge in [-0.25, -0.2) is 0 Å². The minimum Gasteiger partial charge on any atom is -0.272 e. The van der Waals surface area contributed by atoms with Crippen LogP contribution in [0.25, 0.3) is 6.08 Å². The van der Waals surface area contributed by atoms with Gasteiger partial charge in [0.05, 0.1) is 22.1 Å². The van der Waals surface area contributed by atoms with Crippen molar-refractivity contribution in [1.82, 2.24) is 0 Å². The van der Waals surface area contributed by atoms with E-state index < -0.39 is 15.5 Å². The van der Waals surface area contributed by atoms with Gasteiger partial charge in [-0.05, 0) is 48.5 Å². The van der Waals surface area contributed by atoms with Gasteiger partial charge in [-0.15, -0.1) is 0 Å². The lowest BCUT2D eigenvalue weighted by Gasteiger charge is -2.15. The zero-order valence-corrected chi connectivity index (χ0v) is 15.7. The maximum atomic E-state index is 11.2. The van der Waals surface area contributed by atoms with Gasteiger partial charge in [-0.2, -0.15) is 5.10 Å². The zero-order valence-electron chi connectivity index (χ0n) is 15.7. The van der Waals surface area contributed by atoms with Crippen molar-refractivity contribution in [3.05, 3.63) is 91.5 Å². The highest BCUT2D eigenvalue weighted by molar-refractivity contribution is 5.82. The first-order valence-electron chi connectivity index (χ1n) is 9.21. The van der Waals surface area contributed by atoms with E-state index in [4.69, 9.17) is 0 Å². The Bertz CT molecular complexity index is 997. The van der Waals surface area contributed by atoms with Crippen LogP contribution in [0.1, 0.15) is 31.2 Å². The van der Waals surface area contributed by atoms with Crippen molar-refractivity contribution in [3.63, 3.8) is 0 Å². The number of hydrogen-bond acceptors (Lipinski definition) is 6. The normalized spacial score (nSPS) is 14.5. The Morgan fingerprint density at radius 3 is 2.31 bits per heavy atom. The molecule has 0 saturated heterocycles. The molecule has 0 fully saturated rings. The molecule has 1 aliphatic carbocycles. The van der Waals surface area contributed by atoms with E-state index in [9.17, 15) is 20.2 Å². The maximum absolute atomic E-state index is 11.2. The van der Waals surface area contributed by atoms with Gasteiger partial charge in [0.2, 0.25) is 0 Å². The van der Waals surface area contributed by atoms with Crippen molar-refractivity contribution in [3.8, 4) is 0 Å². The lowest BCUT2D eigenvalue weighted by atomic mass is 9.92. The molecule has 0 spiro atoms. The third-order valence-corrected chi connectivity index (χ3v) is 4.63. The van der Waals surface area contributed by atoms with Gasteiger partial charge < -0.3 is 0 Å². The highest BCUT2D eigenvalue weighted by Gasteiger charge is 2.19. The number of nitrogens with zero attached hydrogens (tertiary/aromatic N) is 3. The van der Waals surface area contributed by atoms with Gasteiger partial charge >= 0.3 is 5.69 Å². The molecule has 148 valence electrons. The summed E-state index contributed by atoms with van der Waals surface area (Å²) in [4.78, 5) is 20.7. The van der Waals surface area contributed by atoms with Crippen LogP contribution in [0.2, 0.25) is 0 Å². The van der Waals surface area contributed by atoms with Crippen molar-refractivity contribution in [2.45, 2.75) is 25.7 Å². The molecule has 0 saturated carbocycles. The average Bonchev–Trinajstić information content (AvgIpc) is 2.73. The quantitative estimate of drug-likeness (QED) is 0.381. The molecule has 1 N–H and O–H groups in total. The number of anilines is 1. The molecular formula is C21H20N4O4. The van der Waals surface area contributed by atoms with Crippen molar-refractivity contribution in [2.75, 3.05) is 5.43 Å². The van der Waals surface area contributed by atoms with Crippen LogP contribution in [0.4, 0.5) is 17.1 Å². The number of allylic oxidation sites excluding steroid dienone is 3. The summed E-state index contributed by atoms with van der Waals surface area (Å²) in [5, 5.41) is 26.2. The number of non-ortho nitro benzene ring substituents is 1. The SMILES string of the molecule is O=[N+]([O-])c1ccc(N/N=C\C2=C(/C=C\c3ccccc3)CCCC2)c([N+](=O)[O-])c1. The second-order valence-corrected chi connectivity index (χ2v) is 6.59. The molecule has 0 bridgehead atoms. The minimum atomic E-state index is -0.668. The monoisotopic (exact) mass is 392 g/mol. The van der Waals surface area contributed by atoms with Gasteiger partial charge in [0.1, 0.15) is 5.69 Å². The number of hydrazone groups is 1.